The Labute approximate surface area is 106 Å². The molecule has 1 saturated carbocycles. The molecule has 0 aromatic carbocycles. The molecule has 0 aliphatic heterocycles. The van der Waals surface area contributed by atoms with Crippen molar-refractivity contribution in [2.24, 2.45) is 17.6 Å². The van der Waals surface area contributed by atoms with Gasteiger partial charge in [-0.15, -0.1) is 0 Å². The van der Waals surface area contributed by atoms with E-state index in [1.54, 1.807) is 12.1 Å². The number of carbonyl (C=O) groups excluding carboxylic acids is 1. The number of hydrogen-bond donors (Lipinski definition) is 2. The topological polar surface area (TPSA) is 68.0 Å². The molecule has 4 nitrogen and oxygen atoms in total. The molecule has 5 heteroatoms. The van der Waals surface area contributed by atoms with Crippen LogP contribution in [0.3, 0.4) is 0 Å². The predicted octanol–water partition coefficient (Wildman–Crippen LogP) is 2.05. The van der Waals surface area contributed by atoms with E-state index in [2.05, 4.69) is 10.3 Å². The molecular formula is C12H16ClN3O. The van der Waals surface area contributed by atoms with E-state index in [9.17, 15) is 4.79 Å². The molecule has 2 unspecified atom stereocenters. The highest BCUT2D eigenvalue weighted by Gasteiger charge is 2.31. The molecule has 1 fully saturated rings. The van der Waals surface area contributed by atoms with Crippen molar-refractivity contribution >= 4 is 23.3 Å². The molecule has 1 aliphatic rings. The summed E-state index contributed by atoms with van der Waals surface area (Å²) in [5, 5.41) is 3.37. The highest BCUT2D eigenvalue weighted by molar-refractivity contribution is 6.30. The van der Waals surface area contributed by atoms with Crippen LogP contribution >= 0.6 is 11.6 Å². The minimum absolute atomic E-state index is 0.0211. The summed E-state index contributed by atoms with van der Waals surface area (Å²) in [6, 6.07) is 3.41. The van der Waals surface area contributed by atoms with Crippen LogP contribution in [0.4, 0.5) is 5.82 Å². The van der Waals surface area contributed by atoms with Gasteiger partial charge in [-0.1, -0.05) is 18.0 Å². The van der Waals surface area contributed by atoms with Crippen molar-refractivity contribution in [1.82, 2.24) is 4.98 Å². The van der Waals surface area contributed by atoms with Gasteiger partial charge in [0.15, 0.2) is 0 Å². The number of nitrogens with zero attached hydrogens (tertiary/aromatic N) is 1. The summed E-state index contributed by atoms with van der Waals surface area (Å²) in [6.45, 7) is 0.576. The zero-order valence-electron chi connectivity index (χ0n) is 9.53. The van der Waals surface area contributed by atoms with Crippen LogP contribution in [0.15, 0.2) is 18.3 Å². The molecule has 92 valence electrons. The molecule has 1 aliphatic carbocycles. The normalized spacial score (nSPS) is 23.6. The summed E-state index contributed by atoms with van der Waals surface area (Å²) >= 11 is 5.73. The minimum atomic E-state index is 0.0211. The molecule has 0 saturated heterocycles. The average molecular weight is 254 g/mol. The molecule has 1 heterocycles. The number of halogens is 1. The van der Waals surface area contributed by atoms with Crippen LogP contribution in [-0.2, 0) is 4.79 Å². The van der Waals surface area contributed by atoms with Crippen LogP contribution in [0.1, 0.15) is 19.3 Å². The van der Waals surface area contributed by atoms with Gasteiger partial charge in [0.25, 0.3) is 0 Å². The van der Waals surface area contributed by atoms with Crippen molar-refractivity contribution < 1.29 is 4.79 Å². The monoisotopic (exact) mass is 253 g/mol. The van der Waals surface area contributed by atoms with E-state index >= 15 is 0 Å². The molecule has 0 radical (unpaired) electrons. The third-order valence-corrected chi connectivity index (χ3v) is 3.50. The summed E-state index contributed by atoms with van der Waals surface area (Å²) in [7, 11) is 0. The fourth-order valence-corrected chi connectivity index (χ4v) is 2.44. The standard InChI is InChI=1S/C12H16ClN3O/c13-9-4-5-11(15-7-9)16-12(17)10-3-1-2-8(10)6-14/h4-5,7-8,10H,1-3,6,14H2,(H,15,16,17). The average Bonchev–Trinajstić information content (AvgIpc) is 2.80. The van der Waals surface area contributed by atoms with Crippen LogP contribution in [0.2, 0.25) is 5.02 Å². The van der Waals surface area contributed by atoms with Crippen molar-refractivity contribution in [1.29, 1.82) is 0 Å². The number of aromatic nitrogens is 1. The summed E-state index contributed by atoms with van der Waals surface area (Å²) in [5.41, 5.74) is 5.66. The molecule has 1 aromatic rings. The van der Waals surface area contributed by atoms with E-state index < -0.39 is 0 Å². The second kappa shape index (κ2) is 5.47. The Hall–Kier alpha value is -1.13. The number of nitrogens with two attached hydrogens (primary N) is 1. The Morgan fingerprint density at radius 3 is 3.00 bits per heavy atom. The number of nitrogens with one attached hydrogen (secondary N) is 1. The Balaban J connectivity index is 1.99. The minimum Gasteiger partial charge on any atom is -0.330 e. The Morgan fingerprint density at radius 2 is 2.35 bits per heavy atom. The smallest absolute Gasteiger partial charge is 0.228 e. The second-order valence-electron chi connectivity index (χ2n) is 4.38. The zero-order chi connectivity index (χ0) is 12.3. The lowest BCUT2D eigenvalue weighted by Gasteiger charge is -2.16. The van der Waals surface area contributed by atoms with Crippen molar-refractivity contribution in [2.75, 3.05) is 11.9 Å². The van der Waals surface area contributed by atoms with Crippen molar-refractivity contribution in [2.45, 2.75) is 19.3 Å². The Kier molecular flexibility index (Phi) is 3.97. The van der Waals surface area contributed by atoms with Crippen LogP contribution in [0, 0.1) is 11.8 Å². The largest absolute Gasteiger partial charge is 0.330 e. The predicted molar refractivity (Wildman–Crippen MR) is 67.8 cm³/mol. The molecular weight excluding hydrogens is 238 g/mol. The van der Waals surface area contributed by atoms with Crippen LogP contribution in [0.5, 0.6) is 0 Å². The molecule has 0 spiro atoms. The van der Waals surface area contributed by atoms with Gasteiger partial charge in [-0.25, -0.2) is 4.98 Å². The Bertz CT molecular complexity index is 393. The van der Waals surface area contributed by atoms with Gasteiger partial charge in [-0.2, -0.15) is 0 Å². The molecule has 17 heavy (non-hydrogen) atoms. The van der Waals surface area contributed by atoms with Gasteiger partial charge in [0.1, 0.15) is 5.82 Å². The van der Waals surface area contributed by atoms with Gasteiger partial charge in [-0.05, 0) is 37.4 Å². The van der Waals surface area contributed by atoms with Gasteiger partial charge in [0.05, 0.1) is 5.02 Å². The van der Waals surface area contributed by atoms with E-state index in [4.69, 9.17) is 17.3 Å². The summed E-state index contributed by atoms with van der Waals surface area (Å²) in [5.74, 6) is 0.898. The van der Waals surface area contributed by atoms with Crippen LogP contribution in [-0.4, -0.2) is 17.4 Å². The highest BCUT2D eigenvalue weighted by Crippen LogP contribution is 2.31. The quantitative estimate of drug-likeness (QED) is 0.866. The van der Waals surface area contributed by atoms with Crippen molar-refractivity contribution in [3.8, 4) is 0 Å². The number of rotatable bonds is 3. The highest BCUT2D eigenvalue weighted by atomic mass is 35.5. The Morgan fingerprint density at radius 1 is 1.53 bits per heavy atom. The molecule has 3 N–H and O–H groups in total. The summed E-state index contributed by atoms with van der Waals surface area (Å²) in [4.78, 5) is 16.1. The lowest BCUT2D eigenvalue weighted by atomic mass is 9.95. The number of anilines is 1. The van der Waals surface area contributed by atoms with E-state index in [1.807, 2.05) is 0 Å². The third-order valence-electron chi connectivity index (χ3n) is 3.28. The van der Waals surface area contributed by atoms with Gasteiger partial charge in [0.2, 0.25) is 5.91 Å². The lowest BCUT2D eigenvalue weighted by Crippen LogP contribution is -2.29. The van der Waals surface area contributed by atoms with Crippen LogP contribution < -0.4 is 11.1 Å². The summed E-state index contributed by atoms with van der Waals surface area (Å²) < 4.78 is 0. The van der Waals surface area contributed by atoms with Gasteiger partial charge in [0, 0.05) is 12.1 Å². The van der Waals surface area contributed by atoms with E-state index in [0.29, 0.717) is 23.3 Å². The van der Waals surface area contributed by atoms with Gasteiger partial charge < -0.3 is 11.1 Å². The van der Waals surface area contributed by atoms with E-state index in [1.165, 1.54) is 6.20 Å². The maximum atomic E-state index is 12.0. The first-order valence-corrected chi connectivity index (χ1v) is 6.21. The fourth-order valence-electron chi connectivity index (χ4n) is 2.33. The van der Waals surface area contributed by atoms with Crippen molar-refractivity contribution in [3.05, 3.63) is 23.4 Å². The first kappa shape index (κ1) is 12.3. The second-order valence-corrected chi connectivity index (χ2v) is 4.82. The van der Waals surface area contributed by atoms with E-state index in [-0.39, 0.29) is 11.8 Å². The van der Waals surface area contributed by atoms with Gasteiger partial charge >= 0.3 is 0 Å². The SMILES string of the molecule is NCC1CCCC1C(=O)Nc1ccc(Cl)cn1. The molecule has 1 aromatic heterocycles. The lowest BCUT2D eigenvalue weighted by molar-refractivity contribution is -0.120. The number of hydrogen-bond acceptors (Lipinski definition) is 3. The molecule has 2 rings (SSSR count). The molecule has 1 amide bonds. The molecule has 2 atom stereocenters. The zero-order valence-corrected chi connectivity index (χ0v) is 10.3. The first-order valence-electron chi connectivity index (χ1n) is 5.83. The van der Waals surface area contributed by atoms with Crippen LogP contribution in [0.25, 0.3) is 0 Å². The molecule has 0 bridgehead atoms. The summed E-state index contributed by atoms with van der Waals surface area (Å²) in [6.07, 6.45) is 4.56. The maximum Gasteiger partial charge on any atom is 0.228 e. The fraction of sp³-hybridized carbons (Fsp3) is 0.500. The number of pyridine rings is 1. The van der Waals surface area contributed by atoms with Crippen molar-refractivity contribution in [3.63, 3.8) is 0 Å². The third kappa shape index (κ3) is 2.96. The van der Waals surface area contributed by atoms with Gasteiger partial charge in [-0.3, -0.25) is 4.79 Å². The first-order chi connectivity index (χ1) is 8.20. The number of carbonyl (C=O) groups is 1. The maximum absolute atomic E-state index is 12.0. The number of amides is 1. The van der Waals surface area contributed by atoms with E-state index in [0.717, 1.165) is 19.3 Å².